The zero-order valence-electron chi connectivity index (χ0n) is 11.0. The van der Waals surface area contributed by atoms with Gasteiger partial charge in [0.05, 0.1) is 18.2 Å². The molecule has 1 aromatic heterocycles. The van der Waals surface area contributed by atoms with Gasteiger partial charge in [0.15, 0.2) is 5.69 Å². The molecule has 1 heterocycles. The van der Waals surface area contributed by atoms with E-state index in [1.165, 1.54) is 12.1 Å². The molecule has 7 heteroatoms. The molecule has 0 amide bonds. The fourth-order valence-electron chi connectivity index (χ4n) is 1.67. The molecular formula is C14H10F2N2O3. The molecule has 0 fully saturated rings. The van der Waals surface area contributed by atoms with Gasteiger partial charge < -0.3 is 9.15 Å². The minimum atomic E-state index is -2.97. The average Bonchev–Trinajstić information content (AvgIpc) is 2.93. The smallest absolute Gasteiger partial charge is 0.376 e. The lowest BCUT2D eigenvalue weighted by atomic mass is 10.1. The van der Waals surface area contributed by atoms with Gasteiger partial charge in [0.1, 0.15) is 0 Å². The summed E-state index contributed by atoms with van der Waals surface area (Å²) >= 11 is 0. The van der Waals surface area contributed by atoms with Crippen LogP contribution >= 0.6 is 0 Å². The molecule has 2 aromatic rings. The molecule has 0 atom stereocenters. The number of hydrogen-bond acceptors (Lipinski definition) is 5. The van der Waals surface area contributed by atoms with Gasteiger partial charge in [-0.3, -0.25) is 0 Å². The van der Waals surface area contributed by atoms with Crippen LogP contribution in [0.1, 0.15) is 35.2 Å². The maximum absolute atomic E-state index is 12.9. The van der Waals surface area contributed by atoms with Crippen molar-refractivity contribution in [3.05, 3.63) is 41.3 Å². The second-order valence-electron chi connectivity index (χ2n) is 3.95. The van der Waals surface area contributed by atoms with E-state index in [0.717, 1.165) is 0 Å². The number of oxazole rings is 1. The van der Waals surface area contributed by atoms with Gasteiger partial charge in [0, 0.05) is 5.56 Å². The van der Waals surface area contributed by atoms with E-state index in [-0.39, 0.29) is 12.5 Å². The zero-order chi connectivity index (χ0) is 15.4. The first-order chi connectivity index (χ1) is 10.1. The van der Waals surface area contributed by atoms with Gasteiger partial charge in [-0.2, -0.15) is 5.26 Å². The van der Waals surface area contributed by atoms with E-state index in [1.54, 1.807) is 19.1 Å². The number of rotatable bonds is 4. The molecule has 0 spiro atoms. The summed E-state index contributed by atoms with van der Waals surface area (Å²) in [6.45, 7) is 1.58. The Hall–Kier alpha value is -2.75. The number of ether oxygens (including phenoxy) is 1. The first-order valence-corrected chi connectivity index (χ1v) is 6.03. The second kappa shape index (κ2) is 6.13. The third-order valence-corrected chi connectivity index (χ3v) is 2.56. The first-order valence-electron chi connectivity index (χ1n) is 6.03. The van der Waals surface area contributed by atoms with Crippen molar-refractivity contribution in [1.29, 1.82) is 5.26 Å². The third-order valence-electron chi connectivity index (χ3n) is 2.56. The molecule has 108 valence electrons. The Bertz CT molecular complexity index is 704. The number of carbonyl (C=O) groups excluding carboxylic acids is 1. The van der Waals surface area contributed by atoms with Crippen molar-refractivity contribution in [3.63, 3.8) is 0 Å². The molecule has 0 aliphatic carbocycles. The van der Waals surface area contributed by atoms with Gasteiger partial charge in [-0.25, -0.2) is 18.6 Å². The van der Waals surface area contributed by atoms with Gasteiger partial charge in [-0.15, -0.1) is 0 Å². The van der Waals surface area contributed by atoms with Crippen LogP contribution in [-0.2, 0) is 4.74 Å². The monoisotopic (exact) mass is 292 g/mol. The first kappa shape index (κ1) is 14.7. The van der Waals surface area contributed by atoms with E-state index in [1.807, 2.05) is 6.07 Å². The highest BCUT2D eigenvalue weighted by molar-refractivity contribution is 5.88. The SMILES string of the molecule is CCOC(=O)c1oc(-c2cccc(C#N)c2)nc1C(F)F. The third kappa shape index (κ3) is 3.05. The molecular weight excluding hydrogens is 282 g/mol. The Morgan fingerprint density at radius 3 is 2.90 bits per heavy atom. The number of halogens is 2. The van der Waals surface area contributed by atoms with Crippen LogP contribution in [-0.4, -0.2) is 17.6 Å². The number of benzene rings is 1. The van der Waals surface area contributed by atoms with Crippen LogP contribution in [0.3, 0.4) is 0 Å². The van der Waals surface area contributed by atoms with Crippen LogP contribution in [0.2, 0.25) is 0 Å². The summed E-state index contributed by atoms with van der Waals surface area (Å²) in [7, 11) is 0. The van der Waals surface area contributed by atoms with Gasteiger partial charge in [0.2, 0.25) is 11.7 Å². The van der Waals surface area contributed by atoms with Gasteiger partial charge in [0.25, 0.3) is 6.43 Å². The van der Waals surface area contributed by atoms with Crippen LogP contribution in [0.4, 0.5) is 8.78 Å². The van der Waals surface area contributed by atoms with Crippen molar-refractivity contribution in [2.45, 2.75) is 13.3 Å². The van der Waals surface area contributed by atoms with Gasteiger partial charge >= 0.3 is 5.97 Å². The molecule has 1 aromatic carbocycles. The summed E-state index contributed by atoms with van der Waals surface area (Å²) in [4.78, 5) is 15.2. The Morgan fingerprint density at radius 1 is 1.52 bits per heavy atom. The molecule has 0 unspecified atom stereocenters. The predicted molar refractivity (Wildman–Crippen MR) is 67.6 cm³/mol. The van der Waals surface area contributed by atoms with E-state index in [4.69, 9.17) is 9.68 Å². The number of esters is 1. The van der Waals surface area contributed by atoms with Crippen molar-refractivity contribution in [1.82, 2.24) is 4.98 Å². The highest BCUT2D eigenvalue weighted by Crippen LogP contribution is 2.29. The Labute approximate surface area is 118 Å². The quantitative estimate of drug-likeness (QED) is 0.808. The zero-order valence-corrected chi connectivity index (χ0v) is 11.0. The number of carbonyl (C=O) groups is 1. The van der Waals surface area contributed by atoms with Crippen LogP contribution in [0.25, 0.3) is 11.5 Å². The number of hydrogen-bond donors (Lipinski definition) is 0. The summed E-state index contributed by atoms with van der Waals surface area (Å²) in [5.41, 5.74) is -0.126. The number of alkyl halides is 2. The summed E-state index contributed by atoms with van der Waals surface area (Å²) in [5.74, 6) is -1.78. The van der Waals surface area contributed by atoms with Crippen molar-refractivity contribution in [3.8, 4) is 17.5 Å². The van der Waals surface area contributed by atoms with Crippen molar-refractivity contribution < 1.29 is 22.7 Å². The summed E-state index contributed by atoms with van der Waals surface area (Å²) in [5, 5.41) is 8.82. The van der Waals surface area contributed by atoms with E-state index in [2.05, 4.69) is 9.72 Å². The molecule has 2 rings (SSSR count). The van der Waals surface area contributed by atoms with Crippen molar-refractivity contribution in [2.24, 2.45) is 0 Å². The van der Waals surface area contributed by atoms with Crippen LogP contribution < -0.4 is 0 Å². The molecule has 5 nitrogen and oxygen atoms in total. The summed E-state index contributed by atoms with van der Waals surface area (Å²) < 4.78 is 35.6. The topological polar surface area (TPSA) is 76.1 Å². The van der Waals surface area contributed by atoms with Crippen molar-refractivity contribution >= 4 is 5.97 Å². The highest BCUT2D eigenvalue weighted by Gasteiger charge is 2.28. The molecule has 0 bridgehead atoms. The van der Waals surface area contributed by atoms with E-state index < -0.39 is 23.8 Å². The lowest BCUT2D eigenvalue weighted by Crippen LogP contribution is -2.06. The van der Waals surface area contributed by atoms with E-state index >= 15 is 0 Å². The molecule has 0 radical (unpaired) electrons. The molecule has 0 N–H and O–H groups in total. The Kier molecular flexibility index (Phi) is 4.28. The van der Waals surface area contributed by atoms with E-state index in [9.17, 15) is 13.6 Å². The van der Waals surface area contributed by atoms with Crippen LogP contribution in [0.5, 0.6) is 0 Å². The standard InChI is InChI=1S/C14H10F2N2O3/c1-2-20-14(19)11-10(12(15)16)18-13(21-11)9-5-3-4-8(6-9)7-17/h3-6,12H,2H2,1H3. The second-order valence-corrected chi connectivity index (χ2v) is 3.95. The lowest BCUT2D eigenvalue weighted by Gasteiger charge is -1.99. The normalized spacial score (nSPS) is 10.4. The maximum atomic E-state index is 12.9. The van der Waals surface area contributed by atoms with Crippen LogP contribution in [0, 0.1) is 11.3 Å². The number of nitriles is 1. The van der Waals surface area contributed by atoms with Gasteiger partial charge in [-0.1, -0.05) is 6.07 Å². The average molecular weight is 292 g/mol. The van der Waals surface area contributed by atoms with Crippen molar-refractivity contribution in [2.75, 3.05) is 6.61 Å². The molecule has 0 aliphatic rings. The van der Waals surface area contributed by atoms with Gasteiger partial charge in [-0.05, 0) is 25.1 Å². The summed E-state index contributed by atoms with van der Waals surface area (Å²) in [6, 6.07) is 7.99. The number of nitrogens with zero attached hydrogens (tertiary/aromatic N) is 2. The predicted octanol–water partition coefficient (Wildman–Crippen LogP) is 3.33. The fourth-order valence-corrected chi connectivity index (χ4v) is 1.67. The molecule has 0 aliphatic heterocycles. The largest absolute Gasteiger partial charge is 0.460 e. The number of aromatic nitrogens is 1. The highest BCUT2D eigenvalue weighted by atomic mass is 19.3. The fraction of sp³-hybridized carbons (Fsp3) is 0.214. The Morgan fingerprint density at radius 2 is 2.29 bits per heavy atom. The molecule has 0 saturated carbocycles. The maximum Gasteiger partial charge on any atom is 0.376 e. The minimum Gasteiger partial charge on any atom is -0.460 e. The lowest BCUT2D eigenvalue weighted by molar-refractivity contribution is 0.0476. The summed E-state index contributed by atoms with van der Waals surface area (Å²) in [6.07, 6.45) is -2.97. The minimum absolute atomic E-state index is 0.0292. The molecule has 0 saturated heterocycles. The Balaban J connectivity index is 2.48. The van der Waals surface area contributed by atoms with Crippen LogP contribution in [0.15, 0.2) is 28.7 Å². The molecule has 21 heavy (non-hydrogen) atoms. The van der Waals surface area contributed by atoms with E-state index in [0.29, 0.717) is 11.1 Å².